The number of amides is 2. The van der Waals surface area contributed by atoms with Crippen LogP contribution in [0.5, 0.6) is 0 Å². The van der Waals surface area contributed by atoms with Crippen molar-refractivity contribution < 1.29 is 24.2 Å². The molecule has 7 nitrogen and oxygen atoms in total. The van der Waals surface area contributed by atoms with Crippen LogP contribution < -0.4 is 0 Å². The predicted octanol–water partition coefficient (Wildman–Crippen LogP) is 9.79. The monoisotopic (exact) mass is 696 g/mol. The van der Waals surface area contributed by atoms with Crippen LogP contribution in [0.2, 0.25) is 0 Å². The highest BCUT2D eigenvalue weighted by molar-refractivity contribution is 6.21. The molecule has 0 aliphatic carbocycles. The van der Waals surface area contributed by atoms with Gasteiger partial charge in [-0.15, -0.1) is 0 Å². The average molecular weight is 697 g/mol. The lowest BCUT2D eigenvalue weighted by molar-refractivity contribution is -0.276. The Balaban J connectivity index is 1.30. The van der Waals surface area contributed by atoms with E-state index in [0.717, 1.165) is 41.9 Å². The lowest BCUT2D eigenvalue weighted by Gasteiger charge is -2.43. The van der Waals surface area contributed by atoms with Crippen molar-refractivity contribution in [1.29, 1.82) is 0 Å². The number of ether oxygens (including phenoxy) is 2. The fourth-order valence-electron chi connectivity index (χ4n) is 7.45. The van der Waals surface area contributed by atoms with Crippen LogP contribution in [-0.4, -0.2) is 52.5 Å². The summed E-state index contributed by atoms with van der Waals surface area (Å²) in [4.78, 5) is 29.9. The van der Waals surface area contributed by atoms with Gasteiger partial charge in [0.1, 0.15) is 0 Å². The Kier molecular flexibility index (Phi) is 15.3. The first-order valence-electron chi connectivity index (χ1n) is 19.7. The summed E-state index contributed by atoms with van der Waals surface area (Å²) in [6, 6.07) is 23.0. The largest absolute Gasteiger partial charge is 0.392 e. The minimum Gasteiger partial charge on any atom is -0.392 e. The first-order valence-corrected chi connectivity index (χ1v) is 19.7. The number of imide groups is 1. The van der Waals surface area contributed by atoms with Gasteiger partial charge in [-0.3, -0.25) is 14.5 Å². The second-order valence-electron chi connectivity index (χ2n) is 14.6. The highest BCUT2D eigenvalue weighted by Gasteiger charge is 2.39. The molecule has 0 aromatic heterocycles. The van der Waals surface area contributed by atoms with Crippen molar-refractivity contribution in [2.45, 2.75) is 129 Å². The number of fused-ring (bicyclic) bond motifs is 1. The molecule has 2 aliphatic heterocycles. The SMILES string of the molecule is CCCCCCCCN(CCCCCCCC)CC1OC(c2ccc(CN3C(=O)c4ccccc4C3=O)cc2)OC(c2ccc(CO)cc2)C1C. The van der Waals surface area contributed by atoms with E-state index < -0.39 is 6.29 Å². The Morgan fingerprint density at radius 1 is 0.647 bits per heavy atom. The first-order chi connectivity index (χ1) is 24.9. The molecule has 276 valence electrons. The molecule has 0 radical (unpaired) electrons. The quantitative estimate of drug-likeness (QED) is 0.0883. The molecule has 1 saturated heterocycles. The van der Waals surface area contributed by atoms with Gasteiger partial charge in [-0.1, -0.05) is 146 Å². The number of carbonyl (C=O) groups excluding carboxylic acids is 2. The third-order valence-corrected chi connectivity index (χ3v) is 10.7. The number of aliphatic hydroxyl groups excluding tert-OH is 1. The average Bonchev–Trinajstić information content (AvgIpc) is 3.40. The van der Waals surface area contributed by atoms with Crippen LogP contribution in [-0.2, 0) is 22.6 Å². The van der Waals surface area contributed by atoms with Gasteiger partial charge in [-0.05, 0) is 54.8 Å². The number of hydrogen-bond acceptors (Lipinski definition) is 6. The molecule has 1 fully saturated rings. The summed E-state index contributed by atoms with van der Waals surface area (Å²) >= 11 is 0. The number of unbranched alkanes of at least 4 members (excludes halogenated alkanes) is 10. The normalized spacial score (nSPS) is 20.4. The molecule has 1 N–H and O–H groups in total. The summed E-state index contributed by atoms with van der Waals surface area (Å²) < 4.78 is 13.6. The molecule has 3 aromatic rings. The lowest BCUT2D eigenvalue weighted by Crippen LogP contribution is -2.45. The molecular weight excluding hydrogens is 636 g/mol. The molecule has 5 rings (SSSR count). The molecular formula is C44H60N2O5. The van der Waals surface area contributed by atoms with Crippen molar-refractivity contribution in [2.75, 3.05) is 19.6 Å². The number of rotatable bonds is 21. The molecule has 51 heavy (non-hydrogen) atoms. The van der Waals surface area contributed by atoms with Crippen LogP contribution in [0.1, 0.15) is 153 Å². The highest BCUT2D eigenvalue weighted by Crippen LogP contribution is 2.42. The van der Waals surface area contributed by atoms with Gasteiger partial charge in [0.05, 0.1) is 36.5 Å². The third-order valence-electron chi connectivity index (χ3n) is 10.7. The van der Waals surface area contributed by atoms with Crippen LogP contribution in [0.3, 0.4) is 0 Å². The van der Waals surface area contributed by atoms with E-state index in [1.165, 1.54) is 81.9 Å². The van der Waals surface area contributed by atoms with Gasteiger partial charge in [-0.2, -0.15) is 0 Å². The van der Waals surface area contributed by atoms with Crippen molar-refractivity contribution in [1.82, 2.24) is 9.80 Å². The van der Waals surface area contributed by atoms with Gasteiger partial charge in [0.25, 0.3) is 11.8 Å². The molecule has 2 heterocycles. The first kappa shape index (κ1) is 38.9. The molecule has 2 aliphatic rings. The van der Waals surface area contributed by atoms with Gasteiger partial charge in [0.15, 0.2) is 6.29 Å². The molecule has 4 atom stereocenters. The maximum absolute atomic E-state index is 13.0. The number of carbonyl (C=O) groups is 2. The van der Waals surface area contributed by atoms with E-state index in [1.54, 1.807) is 24.3 Å². The fourth-order valence-corrected chi connectivity index (χ4v) is 7.45. The zero-order valence-corrected chi connectivity index (χ0v) is 31.2. The van der Waals surface area contributed by atoms with E-state index >= 15 is 0 Å². The van der Waals surface area contributed by atoms with Crippen molar-refractivity contribution >= 4 is 11.8 Å². The van der Waals surface area contributed by atoms with E-state index in [2.05, 4.69) is 37.8 Å². The maximum atomic E-state index is 13.0. The van der Waals surface area contributed by atoms with Gasteiger partial charge >= 0.3 is 0 Å². The molecule has 0 spiro atoms. The third kappa shape index (κ3) is 10.6. The Hall–Kier alpha value is -3.36. The molecule has 2 amide bonds. The van der Waals surface area contributed by atoms with Crippen LogP contribution in [0.4, 0.5) is 0 Å². The second kappa shape index (κ2) is 20.0. The minimum atomic E-state index is -0.563. The number of nitrogens with zero attached hydrogens (tertiary/aromatic N) is 2. The Bertz CT molecular complexity index is 1460. The minimum absolute atomic E-state index is 0.00856. The zero-order valence-electron chi connectivity index (χ0n) is 31.2. The van der Waals surface area contributed by atoms with Crippen molar-refractivity contribution in [3.63, 3.8) is 0 Å². The Morgan fingerprint density at radius 3 is 1.71 bits per heavy atom. The summed E-state index contributed by atoms with van der Waals surface area (Å²) in [5, 5.41) is 9.67. The van der Waals surface area contributed by atoms with Crippen molar-refractivity contribution in [3.05, 3.63) is 106 Å². The van der Waals surface area contributed by atoms with Gasteiger partial charge in [-0.25, -0.2) is 0 Å². The van der Waals surface area contributed by atoms with E-state index in [9.17, 15) is 14.7 Å². The van der Waals surface area contributed by atoms with E-state index in [-0.39, 0.29) is 43.1 Å². The number of hydrogen-bond donors (Lipinski definition) is 1. The highest BCUT2D eigenvalue weighted by atomic mass is 16.7. The molecule has 3 aromatic carbocycles. The summed E-state index contributed by atoms with van der Waals surface area (Å²) in [6.45, 7) is 10.0. The van der Waals surface area contributed by atoms with E-state index in [1.807, 2.05) is 36.4 Å². The Morgan fingerprint density at radius 2 is 1.16 bits per heavy atom. The zero-order chi connectivity index (χ0) is 36.0. The van der Waals surface area contributed by atoms with Crippen molar-refractivity contribution in [2.24, 2.45) is 5.92 Å². The Labute approximate surface area is 306 Å². The van der Waals surface area contributed by atoms with Crippen molar-refractivity contribution in [3.8, 4) is 0 Å². The summed E-state index contributed by atoms with van der Waals surface area (Å²) in [7, 11) is 0. The van der Waals surface area contributed by atoms with Crippen LogP contribution in [0.25, 0.3) is 0 Å². The van der Waals surface area contributed by atoms with Crippen LogP contribution >= 0.6 is 0 Å². The lowest BCUT2D eigenvalue weighted by atomic mass is 9.90. The summed E-state index contributed by atoms with van der Waals surface area (Å²) in [6.07, 6.45) is 14.6. The van der Waals surface area contributed by atoms with Crippen LogP contribution in [0, 0.1) is 5.92 Å². The number of aliphatic hydroxyl groups is 1. The molecule has 4 unspecified atom stereocenters. The van der Waals surface area contributed by atoms with E-state index in [0.29, 0.717) is 11.1 Å². The standard InChI is InChI=1S/C44H60N2O5/c1-4-6-8-10-12-16-28-45(29-17-13-11-9-7-5-2)31-40-33(3)41(36-24-22-35(32-47)23-25-36)51-44(50-40)37-26-20-34(21-27-37)30-46-42(48)38-18-14-15-19-39(38)43(46)49/h14-15,18-27,33,40-41,44,47H,4-13,16-17,28-32H2,1-3H3. The van der Waals surface area contributed by atoms with Gasteiger partial charge in [0.2, 0.25) is 0 Å². The van der Waals surface area contributed by atoms with Gasteiger partial charge < -0.3 is 19.5 Å². The fraction of sp³-hybridized carbons (Fsp3) is 0.545. The summed E-state index contributed by atoms with van der Waals surface area (Å²) in [5.74, 6) is -0.389. The molecule has 7 heteroatoms. The van der Waals surface area contributed by atoms with E-state index in [4.69, 9.17) is 9.47 Å². The van der Waals surface area contributed by atoms with Gasteiger partial charge in [0, 0.05) is 18.0 Å². The smallest absolute Gasteiger partial charge is 0.261 e. The molecule has 0 bridgehead atoms. The second-order valence-corrected chi connectivity index (χ2v) is 14.6. The molecule has 0 saturated carbocycles. The summed E-state index contributed by atoms with van der Waals surface area (Å²) in [5.41, 5.74) is 4.66. The maximum Gasteiger partial charge on any atom is 0.261 e. The topological polar surface area (TPSA) is 79.3 Å². The number of benzene rings is 3. The van der Waals surface area contributed by atoms with Crippen LogP contribution in [0.15, 0.2) is 72.8 Å². The predicted molar refractivity (Wildman–Crippen MR) is 203 cm³/mol.